The number of hydrogen-bond acceptors (Lipinski definition) is 5. The first-order valence-electron chi connectivity index (χ1n) is 6.79. The van der Waals surface area contributed by atoms with Crippen LogP contribution in [0.5, 0.6) is 0 Å². The number of aromatic amines is 1. The zero-order chi connectivity index (χ0) is 15.7. The number of aryl methyl sites for hydroxylation is 1. The second-order valence-corrected chi connectivity index (χ2v) is 6.72. The summed E-state index contributed by atoms with van der Waals surface area (Å²) in [4.78, 5) is 20.3. The summed E-state index contributed by atoms with van der Waals surface area (Å²) in [6.07, 6.45) is 5.24. The lowest BCUT2D eigenvalue weighted by Gasteiger charge is -2.32. The lowest BCUT2D eigenvalue weighted by atomic mass is 10.1. The van der Waals surface area contributed by atoms with Crippen LogP contribution in [0.25, 0.3) is 0 Å². The molecule has 1 atom stereocenters. The molecule has 0 saturated carbocycles. The smallest absolute Gasteiger partial charge is 0.258 e. The van der Waals surface area contributed by atoms with Gasteiger partial charge in [-0.3, -0.25) is 14.4 Å². The Bertz CT molecular complexity index is 767. The van der Waals surface area contributed by atoms with Gasteiger partial charge in [0.15, 0.2) is 5.03 Å². The Morgan fingerprint density at radius 3 is 2.91 bits per heavy atom. The third kappa shape index (κ3) is 2.62. The van der Waals surface area contributed by atoms with Gasteiger partial charge in [0.1, 0.15) is 11.9 Å². The molecule has 1 aliphatic rings. The monoisotopic (exact) mass is 324 g/mol. The van der Waals surface area contributed by atoms with E-state index in [1.807, 2.05) is 0 Å². The van der Waals surface area contributed by atoms with E-state index in [2.05, 4.69) is 19.8 Å². The minimum absolute atomic E-state index is 0.0574. The number of amides is 1. The van der Waals surface area contributed by atoms with Crippen molar-refractivity contribution >= 4 is 21.7 Å². The summed E-state index contributed by atoms with van der Waals surface area (Å²) >= 11 is 0. The number of piperidine rings is 1. The van der Waals surface area contributed by atoms with Crippen LogP contribution >= 0.6 is 0 Å². The molecule has 10 heteroatoms. The van der Waals surface area contributed by atoms with Gasteiger partial charge in [-0.05, 0) is 12.8 Å². The minimum atomic E-state index is -3.79. The van der Waals surface area contributed by atoms with Crippen molar-refractivity contribution in [3.8, 4) is 0 Å². The highest BCUT2D eigenvalue weighted by Gasteiger charge is 2.34. The fraction of sp³-hybridized carbons (Fsp3) is 0.417. The van der Waals surface area contributed by atoms with Crippen molar-refractivity contribution in [2.24, 2.45) is 7.05 Å². The fourth-order valence-corrected chi connectivity index (χ4v) is 3.61. The van der Waals surface area contributed by atoms with E-state index >= 15 is 0 Å². The Balaban J connectivity index is 1.81. The quantitative estimate of drug-likeness (QED) is 0.796. The average molecular weight is 324 g/mol. The number of rotatable bonds is 4. The summed E-state index contributed by atoms with van der Waals surface area (Å²) < 4.78 is 28.4. The number of H-pyrrole nitrogens is 1. The van der Waals surface area contributed by atoms with E-state index in [4.69, 9.17) is 0 Å². The van der Waals surface area contributed by atoms with Gasteiger partial charge < -0.3 is 4.98 Å². The molecule has 1 saturated heterocycles. The summed E-state index contributed by atoms with van der Waals surface area (Å²) in [6, 6.07) is 0.931. The normalized spacial score (nSPS) is 19.6. The van der Waals surface area contributed by atoms with Gasteiger partial charge in [-0.2, -0.15) is 9.82 Å². The first-order chi connectivity index (χ1) is 10.5. The van der Waals surface area contributed by atoms with Gasteiger partial charge in [-0.15, -0.1) is 0 Å². The summed E-state index contributed by atoms with van der Waals surface area (Å²) in [5.74, 6) is 0.369. The number of nitrogens with zero attached hydrogens (tertiary/aromatic N) is 4. The summed E-state index contributed by atoms with van der Waals surface area (Å²) in [7, 11) is -2.05. The Kier molecular flexibility index (Phi) is 3.71. The topological polar surface area (TPSA) is 113 Å². The average Bonchev–Trinajstić information content (AvgIpc) is 3.13. The molecule has 9 nitrogen and oxygen atoms in total. The first-order valence-corrected chi connectivity index (χ1v) is 8.27. The molecule has 0 aromatic carbocycles. The molecule has 3 heterocycles. The van der Waals surface area contributed by atoms with E-state index in [9.17, 15) is 13.2 Å². The largest absolute Gasteiger partial charge is 0.335 e. The van der Waals surface area contributed by atoms with Crippen LogP contribution in [-0.4, -0.2) is 46.7 Å². The fourth-order valence-electron chi connectivity index (χ4n) is 2.48. The molecule has 1 fully saturated rings. The number of nitrogens with one attached hydrogen (secondary N) is 2. The predicted molar refractivity (Wildman–Crippen MR) is 77.5 cm³/mol. The lowest BCUT2D eigenvalue weighted by molar-refractivity contribution is -0.121. The van der Waals surface area contributed by atoms with Gasteiger partial charge in [0.25, 0.3) is 10.0 Å². The number of imidazole rings is 1. The molecule has 2 aromatic heterocycles. The maximum Gasteiger partial charge on any atom is 0.258 e. The van der Waals surface area contributed by atoms with Gasteiger partial charge in [0.2, 0.25) is 5.91 Å². The van der Waals surface area contributed by atoms with Gasteiger partial charge in [-0.25, -0.2) is 13.4 Å². The van der Waals surface area contributed by atoms with Crippen LogP contribution < -0.4 is 9.62 Å². The molecule has 1 aliphatic heterocycles. The highest BCUT2D eigenvalue weighted by Crippen LogP contribution is 2.21. The Hall–Kier alpha value is -2.20. The van der Waals surface area contributed by atoms with E-state index in [1.54, 1.807) is 28.9 Å². The number of anilines is 1. The van der Waals surface area contributed by atoms with E-state index in [-0.39, 0.29) is 10.9 Å². The van der Waals surface area contributed by atoms with Crippen molar-refractivity contribution < 1.29 is 13.2 Å². The molecule has 0 aliphatic carbocycles. The molecule has 1 amide bonds. The highest BCUT2D eigenvalue weighted by molar-refractivity contribution is 7.89. The zero-order valence-electron chi connectivity index (χ0n) is 11.9. The van der Waals surface area contributed by atoms with Crippen molar-refractivity contribution in [2.75, 3.05) is 11.4 Å². The van der Waals surface area contributed by atoms with Crippen molar-refractivity contribution in [2.45, 2.75) is 23.9 Å². The van der Waals surface area contributed by atoms with Gasteiger partial charge >= 0.3 is 0 Å². The van der Waals surface area contributed by atoms with Crippen LogP contribution in [0.3, 0.4) is 0 Å². The zero-order valence-corrected chi connectivity index (χ0v) is 12.7. The summed E-state index contributed by atoms with van der Waals surface area (Å²) in [6.45, 7) is 0.542. The van der Waals surface area contributed by atoms with Crippen LogP contribution in [0.15, 0.2) is 29.8 Å². The molecule has 0 spiro atoms. The Morgan fingerprint density at radius 1 is 1.45 bits per heavy atom. The predicted octanol–water partition coefficient (Wildman–Crippen LogP) is -0.383. The van der Waals surface area contributed by atoms with Crippen LogP contribution in [0.2, 0.25) is 0 Å². The molecule has 0 unspecified atom stereocenters. The number of carbonyl (C=O) groups is 1. The van der Waals surface area contributed by atoms with Gasteiger partial charge in [0.05, 0.1) is 18.7 Å². The molecule has 0 bridgehead atoms. The van der Waals surface area contributed by atoms with E-state index in [0.717, 1.165) is 0 Å². The molecule has 118 valence electrons. The Labute approximate surface area is 127 Å². The number of hydrogen-bond donors (Lipinski definition) is 2. The summed E-state index contributed by atoms with van der Waals surface area (Å²) in [5, 5.41) is 3.98. The molecule has 2 aromatic rings. The van der Waals surface area contributed by atoms with Crippen LogP contribution in [0.4, 0.5) is 5.82 Å². The minimum Gasteiger partial charge on any atom is -0.335 e. The van der Waals surface area contributed by atoms with E-state index < -0.39 is 16.1 Å². The first kappa shape index (κ1) is 14.7. The van der Waals surface area contributed by atoms with Gasteiger partial charge in [-0.1, -0.05) is 0 Å². The maximum absolute atomic E-state index is 12.6. The van der Waals surface area contributed by atoms with E-state index in [1.165, 1.54) is 12.5 Å². The van der Waals surface area contributed by atoms with Crippen LogP contribution in [0, 0.1) is 0 Å². The third-order valence-electron chi connectivity index (χ3n) is 3.57. The van der Waals surface area contributed by atoms with Gasteiger partial charge in [0, 0.05) is 19.7 Å². The standard InChI is InChI=1S/C12H16N6O3S/c1-17-11(4-5-15-17)18-6-2-3-9(12(18)19)16-22(20,21)10-7-13-8-14-10/h4-5,7-9,16H,2-3,6H2,1H3,(H,13,14)/t9-/m0/s1. The molecular weight excluding hydrogens is 308 g/mol. The van der Waals surface area contributed by atoms with Crippen molar-refractivity contribution in [3.05, 3.63) is 24.8 Å². The van der Waals surface area contributed by atoms with Crippen LogP contribution in [0.1, 0.15) is 12.8 Å². The van der Waals surface area contributed by atoms with Crippen molar-refractivity contribution in [1.29, 1.82) is 0 Å². The second kappa shape index (κ2) is 5.54. The third-order valence-corrected chi connectivity index (χ3v) is 4.97. The molecule has 2 N–H and O–H groups in total. The summed E-state index contributed by atoms with van der Waals surface area (Å²) in [5.41, 5.74) is 0. The highest BCUT2D eigenvalue weighted by atomic mass is 32.2. The van der Waals surface area contributed by atoms with Crippen molar-refractivity contribution in [1.82, 2.24) is 24.5 Å². The van der Waals surface area contributed by atoms with Crippen molar-refractivity contribution in [3.63, 3.8) is 0 Å². The van der Waals surface area contributed by atoms with Crippen LogP contribution in [-0.2, 0) is 21.9 Å². The lowest BCUT2D eigenvalue weighted by Crippen LogP contribution is -2.52. The number of aromatic nitrogens is 4. The SMILES string of the molecule is Cn1nccc1N1CCC[C@H](NS(=O)(=O)c2cnc[nH]2)C1=O. The Morgan fingerprint density at radius 2 is 2.27 bits per heavy atom. The number of carbonyl (C=O) groups excluding carboxylic acids is 1. The second-order valence-electron chi connectivity index (χ2n) is 5.03. The number of sulfonamides is 1. The molecule has 0 radical (unpaired) electrons. The molecular formula is C12H16N6O3S. The van der Waals surface area contributed by atoms with E-state index in [0.29, 0.717) is 25.2 Å². The molecule has 22 heavy (non-hydrogen) atoms. The maximum atomic E-state index is 12.6. The molecule has 3 rings (SSSR count).